The maximum atomic E-state index is 10.6. The molecule has 3 N–H and O–H groups in total. The molecule has 0 fully saturated rings. The summed E-state index contributed by atoms with van der Waals surface area (Å²) in [4.78, 5) is 10.6. The lowest BCUT2D eigenvalue weighted by molar-refractivity contribution is -0.0153. The molecule has 0 spiro atoms. The fraction of sp³-hybridized carbons (Fsp3) is 0.300. The Hall–Kier alpha value is -0.750. The molecule has 2 atom stereocenters. The van der Waals surface area contributed by atoms with Gasteiger partial charge < -0.3 is 15.3 Å². The molecule has 0 saturated heterocycles. The summed E-state index contributed by atoms with van der Waals surface area (Å²) in [6.45, 7) is -0.538. The van der Waals surface area contributed by atoms with Gasteiger partial charge in [0, 0.05) is 10.0 Å². The van der Waals surface area contributed by atoms with Gasteiger partial charge in [-0.05, 0) is 23.8 Å². The first kappa shape index (κ1) is 12.3. The van der Waals surface area contributed by atoms with E-state index in [1.54, 1.807) is 12.1 Å². The second-order valence-electron chi connectivity index (χ2n) is 3.13. The highest BCUT2D eigenvalue weighted by molar-refractivity contribution is 9.10. The Bertz CT molecular complexity index is 353. The quantitative estimate of drug-likeness (QED) is 0.705. The molecule has 0 aromatic heterocycles. The molecular weight excluding hydrogens is 264 g/mol. The molecule has 82 valence electrons. The van der Waals surface area contributed by atoms with Crippen LogP contribution in [0.15, 0.2) is 22.7 Å². The van der Waals surface area contributed by atoms with Crippen molar-refractivity contribution >= 4 is 22.2 Å². The van der Waals surface area contributed by atoms with Gasteiger partial charge in [0.1, 0.15) is 18.5 Å². The van der Waals surface area contributed by atoms with Crippen molar-refractivity contribution in [3.8, 4) is 0 Å². The zero-order valence-corrected chi connectivity index (χ0v) is 9.39. The van der Waals surface area contributed by atoms with E-state index in [1.165, 1.54) is 6.07 Å². The number of aldehydes is 1. The van der Waals surface area contributed by atoms with E-state index in [1.807, 2.05) is 0 Å². The monoisotopic (exact) mass is 274 g/mol. The Balaban J connectivity index is 3.02. The lowest BCUT2D eigenvalue weighted by Gasteiger charge is -2.16. The summed E-state index contributed by atoms with van der Waals surface area (Å²) in [6, 6.07) is 4.63. The van der Waals surface area contributed by atoms with Crippen LogP contribution >= 0.6 is 15.9 Å². The minimum absolute atomic E-state index is 0.382. The summed E-state index contributed by atoms with van der Waals surface area (Å²) in [5, 5.41) is 27.5. The van der Waals surface area contributed by atoms with E-state index in [0.717, 1.165) is 0 Å². The fourth-order valence-corrected chi connectivity index (χ4v) is 1.73. The Morgan fingerprint density at radius 2 is 2.00 bits per heavy atom. The number of aliphatic hydroxyl groups excluding tert-OH is 3. The predicted octanol–water partition coefficient (Wildman–Crippen LogP) is 0.648. The standard InChI is InChI=1S/C10H11BrO4/c11-8-2-6(4-12)1-7(3-8)10(15)9(14)5-13/h1-4,9-10,13-15H,5H2. The first-order chi connectivity index (χ1) is 7.08. The van der Waals surface area contributed by atoms with E-state index in [0.29, 0.717) is 21.9 Å². The maximum Gasteiger partial charge on any atom is 0.150 e. The number of hydrogen-bond acceptors (Lipinski definition) is 4. The summed E-state index contributed by atoms with van der Waals surface area (Å²) in [7, 11) is 0. The molecule has 5 heteroatoms. The van der Waals surface area contributed by atoms with Gasteiger partial charge in [-0.1, -0.05) is 15.9 Å². The van der Waals surface area contributed by atoms with Gasteiger partial charge in [-0.3, -0.25) is 4.79 Å². The van der Waals surface area contributed by atoms with Gasteiger partial charge in [0.15, 0.2) is 0 Å². The Morgan fingerprint density at radius 1 is 1.33 bits per heavy atom. The third-order valence-electron chi connectivity index (χ3n) is 1.97. The zero-order chi connectivity index (χ0) is 11.4. The molecule has 15 heavy (non-hydrogen) atoms. The Labute approximate surface area is 95.3 Å². The van der Waals surface area contributed by atoms with Crippen LogP contribution in [0.3, 0.4) is 0 Å². The smallest absolute Gasteiger partial charge is 0.150 e. The molecule has 0 aliphatic carbocycles. The van der Waals surface area contributed by atoms with Crippen LogP contribution in [-0.4, -0.2) is 34.3 Å². The highest BCUT2D eigenvalue weighted by Crippen LogP contribution is 2.22. The molecule has 4 nitrogen and oxygen atoms in total. The van der Waals surface area contributed by atoms with Gasteiger partial charge in [0.25, 0.3) is 0 Å². The highest BCUT2D eigenvalue weighted by Gasteiger charge is 2.18. The Morgan fingerprint density at radius 3 is 2.53 bits per heavy atom. The van der Waals surface area contributed by atoms with E-state index in [2.05, 4.69) is 15.9 Å². The number of carbonyl (C=O) groups is 1. The highest BCUT2D eigenvalue weighted by atomic mass is 79.9. The average molecular weight is 275 g/mol. The zero-order valence-electron chi connectivity index (χ0n) is 7.80. The van der Waals surface area contributed by atoms with Crippen LogP contribution < -0.4 is 0 Å². The van der Waals surface area contributed by atoms with Gasteiger partial charge >= 0.3 is 0 Å². The molecule has 1 rings (SSSR count). The van der Waals surface area contributed by atoms with Crippen LogP contribution in [0, 0.1) is 0 Å². The van der Waals surface area contributed by atoms with Gasteiger partial charge in [0.2, 0.25) is 0 Å². The van der Waals surface area contributed by atoms with Crippen molar-refractivity contribution in [3.63, 3.8) is 0 Å². The summed E-state index contributed by atoms with van der Waals surface area (Å²) in [5.41, 5.74) is 0.775. The van der Waals surface area contributed by atoms with Gasteiger partial charge in [-0.2, -0.15) is 0 Å². The Kier molecular flexibility index (Phi) is 4.41. The van der Waals surface area contributed by atoms with Crippen LogP contribution in [0.4, 0.5) is 0 Å². The molecule has 0 amide bonds. The lowest BCUT2D eigenvalue weighted by Crippen LogP contribution is -2.22. The summed E-state index contributed by atoms with van der Waals surface area (Å²) < 4.78 is 0.631. The summed E-state index contributed by atoms with van der Waals surface area (Å²) in [6.07, 6.45) is -1.81. The van der Waals surface area contributed by atoms with Crippen molar-refractivity contribution in [2.24, 2.45) is 0 Å². The fourth-order valence-electron chi connectivity index (χ4n) is 1.20. The SMILES string of the molecule is O=Cc1cc(Br)cc(C(O)C(O)CO)c1. The lowest BCUT2D eigenvalue weighted by atomic mass is 10.0. The molecule has 2 unspecified atom stereocenters. The third kappa shape index (κ3) is 3.10. The van der Waals surface area contributed by atoms with Crippen molar-refractivity contribution in [1.29, 1.82) is 0 Å². The normalized spacial score (nSPS) is 14.7. The number of halogens is 1. The van der Waals surface area contributed by atoms with Crippen LogP contribution in [0.25, 0.3) is 0 Å². The first-order valence-electron chi connectivity index (χ1n) is 4.31. The minimum atomic E-state index is -1.25. The molecule has 1 aromatic carbocycles. The second kappa shape index (κ2) is 5.37. The first-order valence-corrected chi connectivity index (χ1v) is 5.10. The molecule has 0 heterocycles. The number of aliphatic hydroxyl groups is 3. The van der Waals surface area contributed by atoms with Gasteiger partial charge in [-0.25, -0.2) is 0 Å². The van der Waals surface area contributed by atoms with Crippen molar-refractivity contribution in [2.45, 2.75) is 12.2 Å². The van der Waals surface area contributed by atoms with Crippen LogP contribution in [0.5, 0.6) is 0 Å². The van der Waals surface area contributed by atoms with Crippen molar-refractivity contribution < 1.29 is 20.1 Å². The van der Waals surface area contributed by atoms with Crippen molar-refractivity contribution in [1.82, 2.24) is 0 Å². The second-order valence-corrected chi connectivity index (χ2v) is 4.05. The topological polar surface area (TPSA) is 77.8 Å². The molecule has 0 saturated carbocycles. The summed E-state index contributed by atoms with van der Waals surface area (Å²) >= 11 is 3.18. The number of benzene rings is 1. The molecule has 0 bridgehead atoms. The minimum Gasteiger partial charge on any atom is -0.394 e. The molecular formula is C10H11BrO4. The van der Waals surface area contributed by atoms with E-state index in [4.69, 9.17) is 5.11 Å². The molecule has 0 aliphatic rings. The number of rotatable bonds is 4. The summed E-state index contributed by atoms with van der Waals surface area (Å²) in [5.74, 6) is 0. The van der Waals surface area contributed by atoms with Gasteiger partial charge in [-0.15, -0.1) is 0 Å². The van der Waals surface area contributed by atoms with Crippen LogP contribution in [-0.2, 0) is 0 Å². The van der Waals surface area contributed by atoms with Crippen LogP contribution in [0.2, 0.25) is 0 Å². The van der Waals surface area contributed by atoms with E-state index >= 15 is 0 Å². The number of hydrogen-bond donors (Lipinski definition) is 3. The van der Waals surface area contributed by atoms with E-state index in [-0.39, 0.29) is 0 Å². The van der Waals surface area contributed by atoms with Crippen molar-refractivity contribution in [2.75, 3.05) is 6.61 Å². The molecule has 0 aliphatic heterocycles. The average Bonchev–Trinajstić information content (AvgIpc) is 2.26. The van der Waals surface area contributed by atoms with E-state index in [9.17, 15) is 15.0 Å². The predicted molar refractivity (Wildman–Crippen MR) is 57.6 cm³/mol. The van der Waals surface area contributed by atoms with Crippen molar-refractivity contribution in [3.05, 3.63) is 33.8 Å². The maximum absolute atomic E-state index is 10.6. The van der Waals surface area contributed by atoms with Crippen LogP contribution in [0.1, 0.15) is 22.0 Å². The van der Waals surface area contributed by atoms with Gasteiger partial charge in [0.05, 0.1) is 6.61 Å². The largest absolute Gasteiger partial charge is 0.394 e. The molecule has 1 aromatic rings. The molecule has 0 radical (unpaired) electrons. The third-order valence-corrected chi connectivity index (χ3v) is 2.43. The van der Waals surface area contributed by atoms with E-state index < -0.39 is 18.8 Å². The number of carbonyl (C=O) groups excluding carboxylic acids is 1.